The second kappa shape index (κ2) is 2.58. The van der Waals surface area contributed by atoms with E-state index in [1.54, 1.807) is 0 Å². The molecule has 0 N–H and O–H groups in total. The minimum atomic E-state index is 0.976. The van der Waals surface area contributed by atoms with Crippen LogP contribution in [0.25, 0.3) is 0 Å². The maximum absolute atomic E-state index is 4.10. The summed E-state index contributed by atoms with van der Waals surface area (Å²) in [5.74, 6) is 0.976. The lowest BCUT2D eigenvalue weighted by atomic mass is 10.6. The molecule has 0 saturated heterocycles. The topological polar surface area (TPSA) is 0 Å². The Labute approximate surface area is 51.3 Å². The van der Waals surface area contributed by atoms with Crippen LogP contribution < -0.4 is 0 Å². The van der Waals surface area contributed by atoms with Gasteiger partial charge in [-0.15, -0.1) is 0 Å². The third-order valence-electron chi connectivity index (χ3n) is 0.771. The Kier molecular flexibility index (Phi) is 2.69. The lowest BCUT2D eigenvalue weighted by Crippen LogP contribution is -2.36. The van der Waals surface area contributed by atoms with E-state index in [4.69, 9.17) is 0 Å². The summed E-state index contributed by atoms with van der Waals surface area (Å²) in [5, 5.41) is 0. The molecule has 1 nitrogen and oxygen atoms in total. The zero-order chi connectivity index (χ0) is 5.91. The molecular weight excluding hydrogens is 106 g/mol. The molecule has 0 aliphatic carbocycles. The molecular formula is C5H14NS+. The predicted molar refractivity (Wildman–Crippen MR) is 36.8 cm³/mol. The van der Waals surface area contributed by atoms with Crippen LogP contribution in [0.15, 0.2) is 0 Å². The van der Waals surface area contributed by atoms with E-state index in [0.717, 1.165) is 16.8 Å². The zero-order valence-corrected chi connectivity index (χ0v) is 6.20. The number of thiol groups is 1. The molecule has 0 saturated carbocycles. The summed E-state index contributed by atoms with van der Waals surface area (Å²) in [6.45, 7) is 1.14. The monoisotopic (exact) mass is 120 g/mol. The highest BCUT2D eigenvalue weighted by atomic mass is 32.1. The van der Waals surface area contributed by atoms with Gasteiger partial charge in [0.25, 0.3) is 0 Å². The predicted octanol–water partition coefficient (Wildman–Crippen LogP) is 0.622. The van der Waals surface area contributed by atoms with E-state index < -0.39 is 0 Å². The van der Waals surface area contributed by atoms with Gasteiger partial charge in [0.15, 0.2) is 0 Å². The molecule has 44 valence electrons. The summed E-state index contributed by atoms with van der Waals surface area (Å²) in [5.41, 5.74) is 0. The number of rotatable bonds is 2. The van der Waals surface area contributed by atoms with Crippen LogP contribution in [0.1, 0.15) is 0 Å². The minimum Gasteiger partial charge on any atom is -0.330 e. The lowest BCUT2D eigenvalue weighted by molar-refractivity contribution is -0.867. The molecule has 7 heavy (non-hydrogen) atoms. The van der Waals surface area contributed by atoms with Gasteiger partial charge in [0.1, 0.15) is 0 Å². The molecule has 0 heterocycles. The van der Waals surface area contributed by atoms with Crippen molar-refractivity contribution < 1.29 is 4.48 Å². The molecule has 0 rings (SSSR count). The Balaban J connectivity index is 3.15. The summed E-state index contributed by atoms with van der Waals surface area (Å²) in [6, 6.07) is 0. The van der Waals surface area contributed by atoms with Crippen molar-refractivity contribution >= 4 is 12.6 Å². The van der Waals surface area contributed by atoms with Gasteiger partial charge in [0, 0.05) is 5.75 Å². The van der Waals surface area contributed by atoms with E-state index in [2.05, 4.69) is 33.8 Å². The highest BCUT2D eigenvalue weighted by Gasteiger charge is 2.01. The van der Waals surface area contributed by atoms with Crippen molar-refractivity contribution in [2.45, 2.75) is 0 Å². The average Bonchev–Trinajstić information content (AvgIpc) is 1.30. The van der Waals surface area contributed by atoms with E-state index in [1.807, 2.05) is 0 Å². The Hall–Kier alpha value is 0.310. The second-order valence-corrected chi connectivity index (χ2v) is 3.18. The van der Waals surface area contributed by atoms with Gasteiger partial charge in [0.05, 0.1) is 27.7 Å². The van der Waals surface area contributed by atoms with Gasteiger partial charge in [-0.2, -0.15) is 12.6 Å². The molecule has 0 radical (unpaired) electrons. The third-order valence-corrected chi connectivity index (χ3v) is 0.971. The van der Waals surface area contributed by atoms with Gasteiger partial charge in [-0.25, -0.2) is 0 Å². The van der Waals surface area contributed by atoms with Crippen molar-refractivity contribution in [2.24, 2.45) is 0 Å². The molecule has 2 heteroatoms. The molecule has 0 aromatic heterocycles. The average molecular weight is 120 g/mol. The first kappa shape index (κ1) is 7.31. The normalized spacial score (nSPS) is 12.0. The summed E-state index contributed by atoms with van der Waals surface area (Å²) in [6.07, 6.45) is 0. The molecule has 0 bridgehead atoms. The first-order chi connectivity index (χ1) is 3.06. The largest absolute Gasteiger partial charge is 0.330 e. The molecule has 0 aromatic carbocycles. The van der Waals surface area contributed by atoms with Crippen molar-refractivity contribution in [3.8, 4) is 0 Å². The van der Waals surface area contributed by atoms with E-state index in [-0.39, 0.29) is 0 Å². The summed E-state index contributed by atoms with van der Waals surface area (Å²) >= 11 is 4.10. The van der Waals surface area contributed by atoms with E-state index >= 15 is 0 Å². The van der Waals surface area contributed by atoms with Gasteiger partial charge in [0.2, 0.25) is 0 Å². The van der Waals surface area contributed by atoms with Crippen LogP contribution in [0.3, 0.4) is 0 Å². The third kappa shape index (κ3) is 6.31. The van der Waals surface area contributed by atoms with E-state index in [9.17, 15) is 0 Å². The van der Waals surface area contributed by atoms with Gasteiger partial charge >= 0.3 is 0 Å². The van der Waals surface area contributed by atoms with Crippen molar-refractivity contribution in [2.75, 3.05) is 33.4 Å². The minimum absolute atomic E-state index is 0.976. The van der Waals surface area contributed by atoms with Gasteiger partial charge < -0.3 is 4.48 Å². The molecule has 0 unspecified atom stereocenters. The number of hydrogen-bond donors (Lipinski definition) is 1. The highest BCUT2D eigenvalue weighted by Crippen LogP contribution is 1.88. The fourth-order valence-electron chi connectivity index (χ4n) is 0.300. The Morgan fingerprint density at radius 2 is 1.71 bits per heavy atom. The van der Waals surface area contributed by atoms with Gasteiger partial charge in [-0.1, -0.05) is 0 Å². The fourth-order valence-corrected chi connectivity index (χ4v) is 0.900. The van der Waals surface area contributed by atoms with E-state index in [0.29, 0.717) is 0 Å². The number of quaternary nitrogens is 1. The standard InChI is InChI=1S/C5H13NS/c1-6(2,3)4-5-7/h4-5H2,1-3H3/p+1. The quantitative estimate of drug-likeness (QED) is 0.401. The van der Waals surface area contributed by atoms with Crippen molar-refractivity contribution in [1.82, 2.24) is 0 Å². The van der Waals surface area contributed by atoms with Crippen LogP contribution >= 0.6 is 12.6 Å². The second-order valence-electron chi connectivity index (χ2n) is 2.74. The van der Waals surface area contributed by atoms with Crippen LogP contribution in [-0.4, -0.2) is 37.9 Å². The van der Waals surface area contributed by atoms with Crippen LogP contribution in [0.5, 0.6) is 0 Å². The van der Waals surface area contributed by atoms with Gasteiger partial charge in [-0.05, 0) is 0 Å². The fraction of sp³-hybridized carbons (Fsp3) is 1.00. The Bertz CT molecular complexity index is 46.5. The Morgan fingerprint density at radius 1 is 1.29 bits per heavy atom. The molecule has 0 aromatic rings. The van der Waals surface area contributed by atoms with Crippen LogP contribution in [0, 0.1) is 0 Å². The molecule has 0 aliphatic rings. The van der Waals surface area contributed by atoms with Crippen LogP contribution in [0.2, 0.25) is 0 Å². The zero-order valence-electron chi connectivity index (χ0n) is 5.31. The highest BCUT2D eigenvalue weighted by molar-refractivity contribution is 7.80. The molecule has 0 aliphatic heterocycles. The summed E-state index contributed by atoms with van der Waals surface area (Å²) in [7, 11) is 6.49. The maximum atomic E-state index is 4.10. The lowest BCUT2D eigenvalue weighted by Gasteiger charge is -2.22. The SMILES string of the molecule is C[N+](C)(C)CCS. The van der Waals surface area contributed by atoms with Crippen LogP contribution in [0.4, 0.5) is 0 Å². The summed E-state index contributed by atoms with van der Waals surface area (Å²) in [4.78, 5) is 0. The first-order valence-electron chi connectivity index (χ1n) is 2.47. The molecule has 0 atom stereocenters. The molecule has 0 fully saturated rings. The van der Waals surface area contributed by atoms with Gasteiger partial charge in [-0.3, -0.25) is 0 Å². The molecule has 0 spiro atoms. The van der Waals surface area contributed by atoms with E-state index in [1.165, 1.54) is 0 Å². The number of nitrogens with zero attached hydrogens (tertiary/aromatic N) is 1. The van der Waals surface area contributed by atoms with Crippen molar-refractivity contribution in [3.63, 3.8) is 0 Å². The van der Waals surface area contributed by atoms with Crippen molar-refractivity contribution in [3.05, 3.63) is 0 Å². The molecule has 0 amide bonds. The number of hydrogen-bond acceptors (Lipinski definition) is 1. The Morgan fingerprint density at radius 3 is 1.71 bits per heavy atom. The first-order valence-corrected chi connectivity index (χ1v) is 3.11. The van der Waals surface area contributed by atoms with Crippen molar-refractivity contribution in [1.29, 1.82) is 0 Å². The van der Waals surface area contributed by atoms with Crippen LogP contribution in [-0.2, 0) is 0 Å². The smallest absolute Gasteiger partial charge is 0.0869 e. The maximum Gasteiger partial charge on any atom is 0.0869 e. The summed E-state index contributed by atoms with van der Waals surface area (Å²) < 4.78 is 1.02.